The Labute approximate surface area is 167 Å². The maximum absolute atomic E-state index is 12.6. The molecule has 1 aromatic carbocycles. The first-order valence-electron chi connectivity index (χ1n) is 9.12. The number of hydroxylamine groups is 1. The molecule has 4 aromatic rings. The van der Waals surface area contributed by atoms with Crippen LogP contribution in [0.3, 0.4) is 0 Å². The minimum atomic E-state index is -2.44. The topological polar surface area (TPSA) is 94.8 Å². The molecule has 3 aromatic heterocycles. The summed E-state index contributed by atoms with van der Waals surface area (Å²) in [6.45, 7) is 0.762. The van der Waals surface area contributed by atoms with Crippen molar-refractivity contribution in [3.8, 4) is 11.4 Å². The van der Waals surface area contributed by atoms with E-state index in [-0.39, 0.29) is 5.56 Å². The smallest absolute Gasteiger partial charge is 0.259 e. The Morgan fingerprint density at radius 3 is 2.93 bits per heavy atom. The molecule has 0 amide bonds. The number of aromatic amines is 2. The van der Waals surface area contributed by atoms with E-state index in [4.69, 9.17) is 4.84 Å². The Morgan fingerprint density at radius 2 is 2.07 bits per heavy atom. The highest BCUT2D eigenvalue weighted by Gasteiger charge is 2.15. The molecular formula is C19H17F2N5O2S. The summed E-state index contributed by atoms with van der Waals surface area (Å²) in [6.07, 6.45) is -1.65. The number of hydrogen-bond acceptors (Lipinski definition) is 6. The Balaban J connectivity index is 1.54. The average Bonchev–Trinajstić information content (AvgIpc) is 3.20. The van der Waals surface area contributed by atoms with Crippen LogP contribution in [0.5, 0.6) is 0 Å². The molecule has 7 nitrogen and oxygen atoms in total. The number of benzene rings is 1. The van der Waals surface area contributed by atoms with Crippen LogP contribution in [0.25, 0.3) is 32.6 Å². The number of aromatic nitrogens is 3. The number of nitrogens with zero attached hydrogens (tertiary/aromatic N) is 1. The van der Waals surface area contributed by atoms with Gasteiger partial charge in [0.15, 0.2) is 0 Å². The molecule has 5 rings (SSSR count). The summed E-state index contributed by atoms with van der Waals surface area (Å²) < 4.78 is 25.6. The van der Waals surface area contributed by atoms with Crippen molar-refractivity contribution in [2.45, 2.75) is 19.4 Å². The molecular weight excluding hydrogens is 400 g/mol. The molecule has 0 unspecified atom stereocenters. The first-order chi connectivity index (χ1) is 14.1. The zero-order valence-electron chi connectivity index (χ0n) is 15.1. The van der Waals surface area contributed by atoms with Gasteiger partial charge in [-0.3, -0.25) is 4.79 Å². The van der Waals surface area contributed by atoms with Gasteiger partial charge >= 0.3 is 0 Å². The van der Waals surface area contributed by atoms with Crippen molar-refractivity contribution < 1.29 is 13.6 Å². The first-order valence-corrected chi connectivity index (χ1v) is 9.94. The summed E-state index contributed by atoms with van der Waals surface area (Å²) in [5.41, 5.74) is 7.56. The van der Waals surface area contributed by atoms with Crippen LogP contribution in [0.1, 0.15) is 11.1 Å². The van der Waals surface area contributed by atoms with E-state index in [9.17, 15) is 13.6 Å². The van der Waals surface area contributed by atoms with Gasteiger partial charge < -0.3 is 20.1 Å². The number of nitrogens with one attached hydrogen (secondary N) is 4. The Hall–Kier alpha value is -2.82. The molecule has 0 bridgehead atoms. The van der Waals surface area contributed by atoms with Crippen LogP contribution in [0, 0.1) is 0 Å². The van der Waals surface area contributed by atoms with E-state index >= 15 is 0 Å². The lowest BCUT2D eigenvalue weighted by Crippen LogP contribution is -2.11. The molecule has 0 atom stereocenters. The third-order valence-electron chi connectivity index (χ3n) is 4.86. The van der Waals surface area contributed by atoms with Crippen molar-refractivity contribution in [3.05, 3.63) is 45.7 Å². The minimum Gasteiger partial charge on any atom is -0.371 e. The number of H-pyrrole nitrogens is 2. The maximum Gasteiger partial charge on any atom is 0.259 e. The van der Waals surface area contributed by atoms with Crippen molar-refractivity contribution in [1.82, 2.24) is 20.4 Å². The van der Waals surface area contributed by atoms with Crippen molar-refractivity contribution >= 4 is 37.6 Å². The van der Waals surface area contributed by atoms with Gasteiger partial charge in [0, 0.05) is 6.54 Å². The fraction of sp³-hybridized carbons (Fsp3) is 0.263. The van der Waals surface area contributed by atoms with E-state index in [0.717, 1.165) is 27.7 Å². The average molecular weight is 417 g/mol. The van der Waals surface area contributed by atoms with Gasteiger partial charge in [-0.25, -0.2) is 13.8 Å². The molecule has 0 saturated heterocycles. The van der Waals surface area contributed by atoms with Crippen LogP contribution in [-0.2, 0) is 17.8 Å². The molecule has 4 N–H and O–H groups in total. The highest BCUT2D eigenvalue weighted by molar-refractivity contribution is 7.22. The number of halogens is 2. The number of fused-ring (bicyclic) bond motifs is 3. The molecule has 0 fully saturated rings. The number of alkyl halides is 2. The largest absolute Gasteiger partial charge is 0.371 e. The normalized spacial score (nSPS) is 14.4. The van der Waals surface area contributed by atoms with Gasteiger partial charge in [-0.05, 0) is 41.8 Å². The Kier molecular flexibility index (Phi) is 4.53. The third kappa shape index (κ3) is 3.50. The second-order valence-electron chi connectivity index (χ2n) is 6.82. The number of imidazole rings is 1. The molecule has 1 aliphatic heterocycles. The van der Waals surface area contributed by atoms with Crippen LogP contribution >= 0.6 is 11.3 Å². The predicted octanol–water partition coefficient (Wildman–Crippen LogP) is 3.39. The van der Waals surface area contributed by atoms with Gasteiger partial charge in [0.05, 0.1) is 45.0 Å². The molecule has 0 radical (unpaired) electrons. The minimum absolute atomic E-state index is 0.286. The fourth-order valence-corrected chi connectivity index (χ4v) is 4.43. The SMILES string of the molecule is O=c1[nH]c2cc(NCC(F)F)sc2cc1-c1nc2cc3c(cc2[nH]1)CCONC3. The van der Waals surface area contributed by atoms with E-state index in [2.05, 4.69) is 25.7 Å². The third-order valence-corrected chi connectivity index (χ3v) is 5.90. The highest BCUT2D eigenvalue weighted by atomic mass is 32.1. The zero-order valence-corrected chi connectivity index (χ0v) is 16.0. The van der Waals surface area contributed by atoms with Crippen LogP contribution in [0.2, 0.25) is 0 Å². The predicted molar refractivity (Wildman–Crippen MR) is 109 cm³/mol. The van der Waals surface area contributed by atoms with E-state index in [1.165, 1.54) is 16.9 Å². The lowest BCUT2D eigenvalue weighted by Gasteiger charge is -2.03. The number of rotatable bonds is 4. The second kappa shape index (κ2) is 7.21. The number of anilines is 1. The number of thiophene rings is 1. The summed E-state index contributed by atoms with van der Waals surface area (Å²) >= 11 is 1.31. The van der Waals surface area contributed by atoms with Gasteiger partial charge in [0.2, 0.25) is 0 Å². The molecule has 0 saturated carbocycles. The summed E-state index contributed by atoms with van der Waals surface area (Å²) in [4.78, 5) is 28.5. The summed E-state index contributed by atoms with van der Waals surface area (Å²) in [6, 6.07) is 7.45. The molecule has 0 spiro atoms. The molecule has 0 aliphatic carbocycles. The number of pyridine rings is 1. The summed E-state index contributed by atoms with van der Waals surface area (Å²) in [5, 5.41) is 3.26. The standard InChI is InChI=1S/C19H17F2N5O2S/c20-16(21)8-22-17-6-14-15(29-17)5-11(19(27)26-14)18-24-12-3-9-1-2-28-23-7-10(9)4-13(12)25-18/h3-6,16,22-23H,1-2,7-8H2,(H,24,25)(H,26,27). The molecule has 4 heterocycles. The van der Waals surface area contributed by atoms with Crippen molar-refractivity contribution in [2.24, 2.45) is 0 Å². The molecule has 29 heavy (non-hydrogen) atoms. The van der Waals surface area contributed by atoms with Gasteiger partial charge in [-0.15, -0.1) is 11.3 Å². The van der Waals surface area contributed by atoms with Crippen LogP contribution in [0.15, 0.2) is 29.1 Å². The van der Waals surface area contributed by atoms with Crippen LogP contribution in [0.4, 0.5) is 13.8 Å². The Bertz CT molecular complexity index is 1220. The van der Waals surface area contributed by atoms with E-state index in [0.29, 0.717) is 35.1 Å². The first kappa shape index (κ1) is 18.2. The fourth-order valence-electron chi connectivity index (χ4n) is 3.47. The molecule has 1 aliphatic rings. The van der Waals surface area contributed by atoms with Crippen LogP contribution in [-0.4, -0.2) is 34.5 Å². The Morgan fingerprint density at radius 1 is 1.17 bits per heavy atom. The lowest BCUT2D eigenvalue weighted by atomic mass is 10.0. The van der Waals surface area contributed by atoms with Gasteiger partial charge in [-0.2, -0.15) is 5.48 Å². The summed E-state index contributed by atoms with van der Waals surface area (Å²) in [7, 11) is 0. The monoisotopic (exact) mass is 417 g/mol. The van der Waals surface area contributed by atoms with E-state index in [1.807, 2.05) is 12.1 Å². The second-order valence-corrected chi connectivity index (χ2v) is 7.90. The highest BCUT2D eigenvalue weighted by Crippen LogP contribution is 2.30. The lowest BCUT2D eigenvalue weighted by molar-refractivity contribution is 0.0444. The summed E-state index contributed by atoms with van der Waals surface area (Å²) in [5.74, 6) is 0.475. The van der Waals surface area contributed by atoms with Gasteiger partial charge in [0.25, 0.3) is 12.0 Å². The van der Waals surface area contributed by atoms with E-state index < -0.39 is 13.0 Å². The van der Waals surface area contributed by atoms with Crippen molar-refractivity contribution in [3.63, 3.8) is 0 Å². The van der Waals surface area contributed by atoms with Crippen molar-refractivity contribution in [1.29, 1.82) is 0 Å². The van der Waals surface area contributed by atoms with Gasteiger partial charge in [-0.1, -0.05) is 0 Å². The zero-order chi connectivity index (χ0) is 20.0. The molecule has 10 heteroatoms. The molecule has 150 valence electrons. The van der Waals surface area contributed by atoms with Gasteiger partial charge in [0.1, 0.15) is 5.82 Å². The van der Waals surface area contributed by atoms with E-state index in [1.54, 1.807) is 12.1 Å². The maximum atomic E-state index is 12.6. The van der Waals surface area contributed by atoms with Crippen molar-refractivity contribution in [2.75, 3.05) is 18.5 Å². The quantitative estimate of drug-likeness (QED) is 0.408. The van der Waals surface area contributed by atoms with Crippen LogP contribution < -0.4 is 16.4 Å². The number of hydrogen-bond donors (Lipinski definition) is 4.